The standard InChI is InChI=1S/C11H12O2S/c14-11-5-3-9(4-6-11)13-8-10-2-1-7-12-10/h3-6,8,14H,1-2,7H2/b10-8+. The van der Waals surface area contributed by atoms with Crippen LogP contribution >= 0.6 is 12.6 Å². The normalized spacial score (nSPS) is 18.2. The molecule has 0 amide bonds. The lowest BCUT2D eigenvalue weighted by atomic mass is 10.3. The van der Waals surface area contributed by atoms with Crippen LogP contribution in [0, 0.1) is 0 Å². The Kier molecular flexibility index (Phi) is 2.99. The number of benzene rings is 1. The zero-order chi connectivity index (χ0) is 9.80. The molecule has 0 bridgehead atoms. The summed E-state index contributed by atoms with van der Waals surface area (Å²) in [6.07, 6.45) is 3.75. The monoisotopic (exact) mass is 208 g/mol. The molecule has 0 saturated carbocycles. The first-order valence-corrected chi connectivity index (χ1v) is 5.07. The van der Waals surface area contributed by atoms with E-state index in [4.69, 9.17) is 9.47 Å². The summed E-state index contributed by atoms with van der Waals surface area (Å²) >= 11 is 4.19. The maximum absolute atomic E-state index is 5.42. The van der Waals surface area contributed by atoms with Crippen LogP contribution < -0.4 is 4.74 Å². The zero-order valence-corrected chi connectivity index (χ0v) is 8.67. The molecular weight excluding hydrogens is 196 g/mol. The van der Waals surface area contributed by atoms with Crippen molar-refractivity contribution in [2.45, 2.75) is 17.7 Å². The Bertz CT molecular complexity index is 322. The molecule has 74 valence electrons. The van der Waals surface area contributed by atoms with Crippen LogP contribution in [-0.4, -0.2) is 6.61 Å². The Morgan fingerprint density at radius 2 is 2.07 bits per heavy atom. The highest BCUT2D eigenvalue weighted by atomic mass is 32.1. The van der Waals surface area contributed by atoms with Gasteiger partial charge in [0, 0.05) is 11.3 Å². The lowest BCUT2D eigenvalue weighted by molar-refractivity contribution is 0.251. The van der Waals surface area contributed by atoms with Gasteiger partial charge in [0.15, 0.2) is 0 Å². The van der Waals surface area contributed by atoms with Crippen LogP contribution in [-0.2, 0) is 4.74 Å². The summed E-state index contributed by atoms with van der Waals surface area (Å²) in [5.41, 5.74) is 0. The Morgan fingerprint density at radius 1 is 1.29 bits per heavy atom. The van der Waals surface area contributed by atoms with Gasteiger partial charge in [-0.25, -0.2) is 0 Å². The van der Waals surface area contributed by atoms with E-state index in [1.807, 2.05) is 24.3 Å². The highest BCUT2D eigenvalue weighted by Gasteiger charge is 2.07. The van der Waals surface area contributed by atoms with Crippen LogP contribution in [0.4, 0.5) is 0 Å². The van der Waals surface area contributed by atoms with Gasteiger partial charge >= 0.3 is 0 Å². The van der Waals surface area contributed by atoms with Gasteiger partial charge in [0.05, 0.1) is 6.61 Å². The summed E-state index contributed by atoms with van der Waals surface area (Å²) in [5.74, 6) is 1.74. The second kappa shape index (κ2) is 4.42. The van der Waals surface area contributed by atoms with Crippen molar-refractivity contribution >= 4 is 12.6 Å². The second-order valence-electron chi connectivity index (χ2n) is 3.15. The van der Waals surface area contributed by atoms with Crippen LogP contribution in [0.1, 0.15) is 12.8 Å². The van der Waals surface area contributed by atoms with Crippen molar-refractivity contribution in [2.24, 2.45) is 0 Å². The molecule has 3 heteroatoms. The topological polar surface area (TPSA) is 18.5 Å². The van der Waals surface area contributed by atoms with Crippen molar-refractivity contribution < 1.29 is 9.47 Å². The minimum Gasteiger partial charge on any atom is -0.495 e. The van der Waals surface area contributed by atoms with Crippen molar-refractivity contribution in [1.82, 2.24) is 0 Å². The first-order chi connectivity index (χ1) is 6.84. The molecule has 14 heavy (non-hydrogen) atoms. The van der Waals surface area contributed by atoms with Crippen LogP contribution in [0.2, 0.25) is 0 Å². The van der Waals surface area contributed by atoms with E-state index < -0.39 is 0 Å². The Hall–Kier alpha value is -1.09. The molecule has 1 saturated heterocycles. The van der Waals surface area contributed by atoms with E-state index in [0.717, 1.165) is 35.9 Å². The molecule has 0 radical (unpaired) electrons. The lowest BCUT2D eigenvalue weighted by Gasteiger charge is -2.01. The number of hydrogen-bond donors (Lipinski definition) is 1. The average Bonchev–Trinajstić information content (AvgIpc) is 2.70. The molecule has 1 aliphatic rings. The SMILES string of the molecule is Sc1ccc(O/C=C2\CCCO2)cc1. The molecule has 0 spiro atoms. The summed E-state index contributed by atoms with van der Waals surface area (Å²) in [6, 6.07) is 7.56. The van der Waals surface area contributed by atoms with Gasteiger partial charge in [-0.05, 0) is 30.7 Å². The molecule has 1 fully saturated rings. The van der Waals surface area contributed by atoms with E-state index in [1.54, 1.807) is 6.26 Å². The first-order valence-electron chi connectivity index (χ1n) is 4.62. The molecule has 0 atom stereocenters. The Labute approximate surface area is 88.9 Å². The largest absolute Gasteiger partial charge is 0.495 e. The molecule has 1 aromatic rings. The van der Waals surface area contributed by atoms with Gasteiger partial charge < -0.3 is 9.47 Å². The zero-order valence-electron chi connectivity index (χ0n) is 7.77. The third kappa shape index (κ3) is 2.45. The van der Waals surface area contributed by atoms with E-state index in [0.29, 0.717) is 0 Å². The Morgan fingerprint density at radius 3 is 2.71 bits per heavy atom. The van der Waals surface area contributed by atoms with Gasteiger partial charge in [-0.2, -0.15) is 0 Å². The fourth-order valence-corrected chi connectivity index (χ4v) is 1.42. The lowest BCUT2D eigenvalue weighted by Crippen LogP contribution is -1.86. The summed E-state index contributed by atoms with van der Waals surface area (Å²) < 4.78 is 10.7. The third-order valence-corrected chi connectivity index (χ3v) is 2.32. The van der Waals surface area contributed by atoms with Crippen molar-refractivity contribution in [3.8, 4) is 5.75 Å². The van der Waals surface area contributed by atoms with Crippen LogP contribution in [0.15, 0.2) is 41.2 Å². The van der Waals surface area contributed by atoms with E-state index in [9.17, 15) is 0 Å². The van der Waals surface area contributed by atoms with Crippen molar-refractivity contribution in [3.05, 3.63) is 36.3 Å². The van der Waals surface area contributed by atoms with E-state index in [-0.39, 0.29) is 0 Å². The summed E-state index contributed by atoms with van der Waals surface area (Å²) in [5, 5.41) is 0. The Balaban J connectivity index is 1.97. The van der Waals surface area contributed by atoms with Crippen LogP contribution in [0.3, 0.4) is 0 Å². The quantitative estimate of drug-likeness (QED) is 0.595. The number of rotatable bonds is 2. The van der Waals surface area contributed by atoms with Crippen molar-refractivity contribution in [2.75, 3.05) is 6.61 Å². The van der Waals surface area contributed by atoms with Gasteiger partial charge in [-0.15, -0.1) is 12.6 Å². The maximum atomic E-state index is 5.42. The van der Waals surface area contributed by atoms with E-state index >= 15 is 0 Å². The predicted molar refractivity (Wildman–Crippen MR) is 57.6 cm³/mol. The molecule has 0 N–H and O–H groups in total. The fourth-order valence-electron chi connectivity index (χ4n) is 1.27. The smallest absolute Gasteiger partial charge is 0.131 e. The van der Waals surface area contributed by atoms with Gasteiger partial charge in [0.25, 0.3) is 0 Å². The highest BCUT2D eigenvalue weighted by Crippen LogP contribution is 2.18. The summed E-state index contributed by atoms with van der Waals surface area (Å²) in [4.78, 5) is 0.933. The van der Waals surface area contributed by atoms with E-state index in [2.05, 4.69) is 12.6 Å². The molecule has 2 nitrogen and oxygen atoms in total. The van der Waals surface area contributed by atoms with Crippen molar-refractivity contribution in [3.63, 3.8) is 0 Å². The minimum absolute atomic E-state index is 0.810. The maximum Gasteiger partial charge on any atom is 0.131 e. The summed E-state index contributed by atoms with van der Waals surface area (Å²) in [6.45, 7) is 0.810. The fraction of sp³-hybridized carbons (Fsp3) is 0.273. The van der Waals surface area contributed by atoms with Gasteiger partial charge in [0.2, 0.25) is 0 Å². The summed E-state index contributed by atoms with van der Waals surface area (Å²) in [7, 11) is 0. The molecule has 2 rings (SSSR count). The molecule has 1 aliphatic heterocycles. The molecular formula is C11H12O2S. The number of allylic oxidation sites excluding steroid dienone is 1. The minimum atomic E-state index is 0.810. The number of ether oxygens (including phenoxy) is 2. The second-order valence-corrected chi connectivity index (χ2v) is 3.66. The van der Waals surface area contributed by atoms with Gasteiger partial charge in [-0.3, -0.25) is 0 Å². The van der Waals surface area contributed by atoms with Crippen molar-refractivity contribution in [1.29, 1.82) is 0 Å². The van der Waals surface area contributed by atoms with Crippen LogP contribution in [0.5, 0.6) is 5.75 Å². The number of thiol groups is 1. The average molecular weight is 208 g/mol. The third-order valence-electron chi connectivity index (χ3n) is 2.02. The molecule has 0 aliphatic carbocycles. The number of hydrogen-bond acceptors (Lipinski definition) is 3. The van der Waals surface area contributed by atoms with Gasteiger partial charge in [-0.1, -0.05) is 0 Å². The molecule has 0 aromatic heterocycles. The molecule has 0 unspecified atom stereocenters. The van der Waals surface area contributed by atoms with Gasteiger partial charge in [0.1, 0.15) is 17.8 Å². The van der Waals surface area contributed by atoms with Crippen LogP contribution in [0.25, 0.3) is 0 Å². The first kappa shape index (κ1) is 9.46. The predicted octanol–water partition coefficient (Wildman–Crippen LogP) is 3.01. The molecule has 1 aromatic carbocycles. The highest BCUT2D eigenvalue weighted by molar-refractivity contribution is 7.80. The van der Waals surface area contributed by atoms with E-state index in [1.165, 1.54) is 0 Å². The molecule has 1 heterocycles.